The number of nitrogens with zero attached hydrogens (tertiary/aromatic N) is 1. The topological polar surface area (TPSA) is 114 Å². The van der Waals surface area contributed by atoms with Gasteiger partial charge in [-0.05, 0) is 30.7 Å². The van der Waals surface area contributed by atoms with Gasteiger partial charge in [0, 0.05) is 26.1 Å². The third kappa shape index (κ3) is 4.88. The van der Waals surface area contributed by atoms with Crippen molar-refractivity contribution < 1.29 is 28.7 Å². The molecule has 168 valence electrons. The minimum atomic E-state index is -0.376. The van der Waals surface area contributed by atoms with E-state index >= 15 is 0 Å². The Bertz CT molecular complexity index is 979. The summed E-state index contributed by atoms with van der Waals surface area (Å²) >= 11 is 0. The number of rotatable bonds is 10. The van der Waals surface area contributed by atoms with E-state index in [1.165, 1.54) is 19.1 Å². The van der Waals surface area contributed by atoms with Crippen molar-refractivity contribution in [2.24, 2.45) is 0 Å². The number of fused-ring (bicyclic) bond motifs is 1. The van der Waals surface area contributed by atoms with Gasteiger partial charge in [-0.1, -0.05) is 18.2 Å². The summed E-state index contributed by atoms with van der Waals surface area (Å²) in [6.07, 6.45) is 0.504. The number of benzene rings is 2. The Balaban J connectivity index is 1.39. The largest absolute Gasteiger partial charge is 0.496 e. The summed E-state index contributed by atoms with van der Waals surface area (Å²) in [6, 6.07) is 11.7. The van der Waals surface area contributed by atoms with Gasteiger partial charge < -0.3 is 20.1 Å². The predicted octanol–water partition coefficient (Wildman–Crippen LogP) is 1.63. The standard InChI is InChI=1S/C23H25N3O6/c1-31-17-9-5-10-18(32-2)20(17)21(28)25-13-12-24-19(27)11-6-14-26-22(29)15-7-3-4-8-16(15)23(26)30/h3-5,7-10H,6,11-14H2,1-2H3,(H,24,27)(H,25,28). The molecule has 0 fully saturated rings. The van der Waals surface area contributed by atoms with Gasteiger partial charge in [0.15, 0.2) is 0 Å². The molecule has 2 aromatic rings. The van der Waals surface area contributed by atoms with E-state index in [1.54, 1.807) is 42.5 Å². The smallest absolute Gasteiger partial charge is 0.261 e. The van der Waals surface area contributed by atoms with Gasteiger partial charge in [0.25, 0.3) is 17.7 Å². The number of amides is 4. The molecule has 0 saturated carbocycles. The van der Waals surface area contributed by atoms with Crippen LogP contribution in [0.5, 0.6) is 11.5 Å². The summed E-state index contributed by atoms with van der Waals surface area (Å²) in [5.41, 5.74) is 1.07. The van der Waals surface area contributed by atoms with Crippen LogP contribution in [0.25, 0.3) is 0 Å². The number of carbonyl (C=O) groups is 4. The molecule has 3 rings (SSSR count). The highest BCUT2D eigenvalue weighted by atomic mass is 16.5. The molecule has 9 nitrogen and oxygen atoms in total. The molecule has 0 unspecified atom stereocenters. The highest BCUT2D eigenvalue weighted by Gasteiger charge is 2.34. The number of imide groups is 1. The molecule has 0 aromatic heterocycles. The number of hydrogen-bond acceptors (Lipinski definition) is 6. The van der Waals surface area contributed by atoms with Crippen LogP contribution < -0.4 is 20.1 Å². The quantitative estimate of drug-likeness (QED) is 0.430. The SMILES string of the molecule is COc1cccc(OC)c1C(=O)NCCNC(=O)CCCN1C(=O)c2ccccc2C1=O. The van der Waals surface area contributed by atoms with Crippen LogP contribution >= 0.6 is 0 Å². The van der Waals surface area contributed by atoms with Crippen molar-refractivity contribution in [2.75, 3.05) is 33.9 Å². The summed E-state index contributed by atoms with van der Waals surface area (Å²) in [5.74, 6) is -0.496. The first-order valence-corrected chi connectivity index (χ1v) is 10.2. The summed E-state index contributed by atoms with van der Waals surface area (Å²) in [4.78, 5) is 50.3. The fourth-order valence-corrected chi connectivity index (χ4v) is 3.47. The first-order valence-electron chi connectivity index (χ1n) is 10.2. The zero-order chi connectivity index (χ0) is 23.1. The Morgan fingerprint density at radius 3 is 1.97 bits per heavy atom. The van der Waals surface area contributed by atoms with Crippen molar-refractivity contribution in [3.8, 4) is 11.5 Å². The van der Waals surface area contributed by atoms with Crippen LogP contribution in [0.15, 0.2) is 42.5 Å². The number of methoxy groups -OCH3 is 2. The lowest BCUT2D eigenvalue weighted by Crippen LogP contribution is -2.35. The fraction of sp³-hybridized carbons (Fsp3) is 0.304. The molecule has 9 heteroatoms. The van der Waals surface area contributed by atoms with E-state index in [0.29, 0.717) is 29.0 Å². The lowest BCUT2D eigenvalue weighted by atomic mass is 10.1. The van der Waals surface area contributed by atoms with Crippen LogP contribution in [0.3, 0.4) is 0 Å². The molecular formula is C23H25N3O6. The van der Waals surface area contributed by atoms with E-state index in [2.05, 4.69) is 10.6 Å². The van der Waals surface area contributed by atoms with Gasteiger partial charge in [-0.15, -0.1) is 0 Å². The molecule has 2 N–H and O–H groups in total. The van der Waals surface area contributed by atoms with Crippen molar-refractivity contribution in [3.05, 3.63) is 59.2 Å². The Kier molecular flexibility index (Phi) is 7.43. The summed E-state index contributed by atoms with van der Waals surface area (Å²) < 4.78 is 10.4. The number of nitrogens with one attached hydrogen (secondary N) is 2. The maximum Gasteiger partial charge on any atom is 0.261 e. The molecule has 4 amide bonds. The molecule has 0 saturated heterocycles. The Labute approximate surface area is 185 Å². The van der Waals surface area contributed by atoms with E-state index in [1.807, 2.05) is 0 Å². The van der Waals surface area contributed by atoms with Crippen molar-refractivity contribution in [1.82, 2.24) is 15.5 Å². The van der Waals surface area contributed by atoms with Gasteiger partial charge in [0.1, 0.15) is 17.1 Å². The summed E-state index contributed by atoms with van der Waals surface area (Å²) in [6.45, 7) is 0.614. The molecule has 0 spiro atoms. The molecule has 0 aliphatic carbocycles. The molecule has 1 heterocycles. The minimum absolute atomic E-state index is 0.154. The van der Waals surface area contributed by atoms with Gasteiger partial charge >= 0.3 is 0 Å². The number of hydrogen-bond donors (Lipinski definition) is 2. The Morgan fingerprint density at radius 1 is 0.844 bits per heavy atom. The fourth-order valence-electron chi connectivity index (χ4n) is 3.47. The second kappa shape index (κ2) is 10.4. The van der Waals surface area contributed by atoms with Crippen LogP contribution in [0.1, 0.15) is 43.9 Å². The number of carbonyl (C=O) groups excluding carboxylic acids is 4. The average molecular weight is 439 g/mol. The van der Waals surface area contributed by atoms with Crippen LogP contribution in [0.2, 0.25) is 0 Å². The normalized spacial score (nSPS) is 12.4. The monoisotopic (exact) mass is 439 g/mol. The van der Waals surface area contributed by atoms with Gasteiger partial charge in [0.2, 0.25) is 5.91 Å². The van der Waals surface area contributed by atoms with Gasteiger partial charge in [0.05, 0.1) is 25.3 Å². The average Bonchev–Trinajstić information content (AvgIpc) is 3.06. The number of ether oxygens (including phenoxy) is 2. The maximum atomic E-state index is 12.5. The third-order valence-electron chi connectivity index (χ3n) is 5.05. The molecule has 32 heavy (non-hydrogen) atoms. The molecule has 0 bridgehead atoms. The van der Waals surface area contributed by atoms with Crippen LogP contribution in [-0.2, 0) is 4.79 Å². The maximum absolute atomic E-state index is 12.5. The summed E-state index contributed by atoms with van der Waals surface area (Å²) in [7, 11) is 2.93. The molecular weight excluding hydrogens is 414 g/mol. The zero-order valence-corrected chi connectivity index (χ0v) is 18.0. The first kappa shape index (κ1) is 22.8. The van der Waals surface area contributed by atoms with Crippen molar-refractivity contribution in [3.63, 3.8) is 0 Å². The van der Waals surface area contributed by atoms with Gasteiger partial charge in [-0.3, -0.25) is 24.1 Å². The van der Waals surface area contributed by atoms with Crippen LogP contribution in [0, 0.1) is 0 Å². The molecule has 1 aliphatic rings. The molecule has 2 aromatic carbocycles. The molecule has 0 atom stereocenters. The minimum Gasteiger partial charge on any atom is -0.496 e. The highest BCUT2D eigenvalue weighted by Crippen LogP contribution is 2.27. The third-order valence-corrected chi connectivity index (χ3v) is 5.05. The highest BCUT2D eigenvalue weighted by molar-refractivity contribution is 6.21. The zero-order valence-electron chi connectivity index (χ0n) is 18.0. The first-order chi connectivity index (χ1) is 15.5. The van der Waals surface area contributed by atoms with E-state index < -0.39 is 0 Å². The van der Waals surface area contributed by atoms with Gasteiger partial charge in [-0.25, -0.2) is 0 Å². The lowest BCUT2D eigenvalue weighted by Gasteiger charge is -2.14. The van der Waals surface area contributed by atoms with E-state index in [-0.39, 0.29) is 55.2 Å². The van der Waals surface area contributed by atoms with Gasteiger partial charge in [-0.2, -0.15) is 0 Å². The van der Waals surface area contributed by atoms with Crippen molar-refractivity contribution in [1.29, 1.82) is 0 Å². The van der Waals surface area contributed by atoms with Crippen LogP contribution in [0.4, 0.5) is 0 Å². The summed E-state index contributed by atoms with van der Waals surface area (Å²) in [5, 5.41) is 5.42. The van der Waals surface area contributed by atoms with E-state index in [9.17, 15) is 19.2 Å². The molecule has 1 aliphatic heterocycles. The van der Waals surface area contributed by atoms with Crippen molar-refractivity contribution in [2.45, 2.75) is 12.8 Å². The predicted molar refractivity (Wildman–Crippen MR) is 116 cm³/mol. The van der Waals surface area contributed by atoms with Crippen molar-refractivity contribution >= 4 is 23.6 Å². The van der Waals surface area contributed by atoms with Crippen LogP contribution in [-0.4, -0.2) is 62.4 Å². The van der Waals surface area contributed by atoms with E-state index in [0.717, 1.165) is 0 Å². The Morgan fingerprint density at radius 2 is 1.41 bits per heavy atom. The lowest BCUT2D eigenvalue weighted by molar-refractivity contribution is -0.121. The second-order valence-electron chi connectivity index (χ2n) is 7.05. The Hall–Kier alpha value is -3.88. The second-order valence-corrected chi connectivity index (χ2v) is 7.05. The molecule has 0 radical (unpaired) electrons. The van der Waals surface area contributed by atoms with E-state index in [4.69, 9.17) is 9.47 Å².